The quantitative estimate of drug-likeness (QED) is 0.666. The molecule has 0 amide bonds. The Morgan fingerprint density at radius 3 is 2.93 bits per heavy atom. The highest BCUT2D eigenvalue weighted by molar-refractivity contribution is 6.01. The normalized spacial score (nSPS) is 14.3. The van der Waals surface area contributed by atoms with Crippen molar-refractivity contribution in [2.24, 2.45) is 4.99 Å². The van der Waals surface area contributed by atoms with Gasteiger partial charge in [0, 0.05) is 6.54 Å². The van der Waals surface area contributed by atoms with E-state index in [0.29, 0.717) is 11.6 Å². The van der Waals surface area contributed by atoms with Gasteiger partial charge in [0.1, 0.15) is 0 Å². The van der Waals surface area contributed by atoms with Gasteiger partial charge >= 0.3 is 5.97 Å². The molecule has 1 heterocycles. The topological polar surface area (TPSA) is 73.7 Å². The number of carboxylic acid groups (broad SMARTS) is 1. The maximum absolute atomic E-state index is 10.9. The number of benzene rings is 1. The van der Waals surface area contributed by atoms with Gasteiger partial charge in [0.15, 0.2) is 5.96 Å². The number of rotatable bonds is 2. The smallest absolute Gasteiger partial charge is 0.337 e. The second kappa shape index (κ2) is 4.00. The van der Waals surface area contributed by atoms with Crippen molar-refractivity contribution < 1.29 is 9.90 Å². The molecule has 1 aliphatic rings. The highest BCUT2D eigenvalue weighted by Crippen LogP contribution is 2.14. The minimum Gasteiger partial charge on any atom is -0.478 e. The van der Waals surface area contributed by atoms with Crippen LogP contribution in [0.2, 0.25) is 0 Å². The van der Waals surface area contributed by atoms with Gasteiger partial charge in [0.05, 0.1) is 17.8 Å². The van der Waals surface area contributed by atoms with Gasteiger partial charge in [0.2, 0.25) is 0 Å². The van der Waals surface area contributed by atoms with Gasteiger partial charge in [-0.15, -0.1) is 0 Å². The van der Waals surface area contributed by atoms with Crippen molar-refractivity contribution in [3.8, 4) is 0 Å². The van der Waals surface area contributed by atoms with Crippen LogP contribution < -0.4 is 10.6 Å². The number of aromatic carboxylic acids is 1. The molecule has 0 spiro atoms. The van der Waals surface area contributed by atoms with E-state index < -0.39 is 5.97 Å². The van der Waals surface area contributed by atoms with E-state index in [9.17, 15) is 4.79 Å². The van der Waals surface area contributed by atoms with Crippen LogP contribution in [0.5, 0.6) is 0 Å². The van der Waals surface area contributed by atoms with E-state index >= 15 is 0 Å². The summed E-state index contributed by atoms with van der Waals surface area (Å²) in [6.07, 6.45) is 0. The predicted molar refractivity (Wildman–Crippen MR) is 57.3 cm³/mol. The number of hydrogen-bond acceptors (Lipinski definition) is 4. The Kier molecular flexibility index (Phi) is 2.53. The molecule has 1 aromatic carbocycles. The number of aliphatic imine (C=N–C) groups is 1. The Labute approximate surface area is 86.8 Å². The fourth-order valence-electron chi connectivity index (χ4n) is 1.39. The van der Waals surface area contributed by atoms with Crippen molar-refractivity contribution in [2.45, 2.75) is 0 Å². The second-order valence-electron chi connectivity index (χ2n) is 3.13. The number of anilines is 1. The summed E-state index contributed by atoms with van der Waals surface area (Å²) >= 11 is 0. The SMILES string of the molecule is O=C(O)c1ccccc1NC1=NCCN1. The molecule has 1 aliphatic heterocycles. The van der Waals surface area contributed by atoms with E-state index in [1.165, 1.54) is 0 Å². The molecular weight excluding hydrogens is 194 g/mol. The molecule has 0 bridgehead atoms. The van der Waals surface area contributed by atoms with Crippen LogP contribution in [0.4, 0.5) is 5.69 Å². The summed E-state index contributed by atoms with van der Waals surface area (Å²) in [6.45, 7) is 1.51. The zero-order valence-corrected chi connectivity index (χ0v) is 8.03. The molecule has 3 N–H and O–H groups in total. The van der Waals surface area contributed by atoms with Crippen LogP contribution >= 0.6 is 0 Å². The van der Waals surface area contributed by atoms with Crippen molar-refractivity contribution in [1.82, 2.24) is 5.32 Å². The van der Waals surface area contributed by atoms with Crippen LogP contribution in [0.3, 0.4) is 0 Å². The molecule has 5 heteroatoms. The molecule has 0 saturated heterocycles. The van der Waals surface area contributed by atoms with Crippen LogP contribution in [0, 0.1) is 0 Å². The zero-order chi connectivity index (χ0) is 10.7. The number of carboxylic acids is 1. The molecule has 0 radical (unpaired) electrons. The first kappa shape index (κ1) is 9.51. The molecule has 0 aliphatic carbocycles. The van der Waals surface area contributed by atoms with Crippen LogP contribution in [-0.4, -0.2) is 30.1 Å². The van der Waals surface area contributed by atoms with Crippen molar-refractivity contribution in [2.75, 3.05) is 18.4 Å². The highest BCUT2D eigenvalue weighted by Gasteiger charge is 2.11. The van der Waals surface area contributed by atoms with Crippen LogP contribution in [0.1, 0.15) is 10.4 Å². The van der Waals surface area contributed by atoms with Gasteiger partial charge in [-0.25, -0.2) is 4.79 Å². The maximum atomic E-state index is 10.9. The van der Waals surface area contributed by atoms with E-state index in [4.69, 9.17) is 5.11 Å². The standard InChI is InChI=1S/C10H11N3O2/c14-9(15)7-3-1-2-4-8(7)13-10-11-5-6-12-10/h1-4H,5-6H2,(H,14,15)(H2,11,12,13). The lowest BCUT2D eigenvalue weighted by Crippen LogP contribution is -2.27. The van der Waals surface area contributed by atoms with Crippen molar-refractivity contribution >= 4 is 17.6 Å². The fraction of sp³-hybridized carbons (Fsp3) is 0.200. The minimum atomic E-state index is -0.948. The van der Waals surface area contributed by atoms with E-state index in [-0.39, 0.29) is 5.56 Å². The number of hydrogen-bond donors (Lipinski definition) is 3. The first-order valence-corrected chi connectivity index (χ1v) is 4.65. The van der Waals surface area contributed by atoms with Gasteiger partial charge in [-0.1, -0.05) is 12.1 Å². The van der Waals surface area contributed by atoms with Gasteiger partial charge < -0.3 is 15.7 Å². The summed E-state index contributed by atoms with van der Waals surface area (Å²) in [4.78, 5) is 15.0. The Morgan fingerprint density at radius 1 is 1.47 bits per heavy atom. The molecule has 78 valence electrons. The third-order valence-electron chi connectivity index (χ3n) is 2.08. The maximum Gasteiger partial charge on any atom is 0.337 e. The largest absolute Gasteiger partial charge is 0.478 e. The van der Waals surface area contributed by atoms with E-state index in [0.717, 1.165) is 13.1 Å². The molecule has 5 nitrogen and oxygen atoms in total. The summed E-state index contributed by atoms with van der Waals surface area (Å²) in [5, 5.41) is 14.9. The first-order valence-electron chi connectivity index (χ1n) is 4.65. The Morgan fingerprint density at radius 2 is 2.27 bits per heavy atom. The summed E-state index contributed by atoms with van der Waals surface area (Å²) in [5.74, 6) is -0.319. The summed E-state index contributed by atoms with van der Waals surface area (Å²) in [7, 11) is 0. The predicted octanol–water partition coefficient (Wildman–Crippen LogP) is 0.756. The van der Waals surface area contributed by atoms with E-state index in [2.05, 4.69) is 15.6 Å². The number of para-hydroxylation sites is 1. The van der Waals surface area contributed by atoms with Gasteiger partial charge in [-0.2, -0.15) is 0 Å². The lowest BCUT2D eigenvalue weighted by atomic mass is 10.2. The summed E-state index contributed by atoms with van der Waals surface area (Å²) in [6, 6.07) is 6.74. The molecule has 1 aromatic rings. The number of guanidine groups is 1. The first-order chi connectivity index (χ1) is 7.27. The molecule has 0 unspecified atom stereocenters. The summed E-state index contributed by atoms with van der Waals surface area (Å²) in [5.41, 5.74) is 0.798. The van der Waals surface area contributed by atoms with Crippen molar-refractivity contribution in [1.29, 1.82) is 0 Å². The number of nitrogens with zero attached hydrogens (tertiary/aromatic N) is 1. The van der Waals surface area contributed by atoms with Crippen molar-refractivity contribution in [3.63, 3.8) is 0 Å². The molecule has 0 aromatic heterocycles. The van der Waals surface area contributed by atoms with E-state index in [1.807, 2.05) is 0 Å². The second-order valence-corrected chi connectivity index (χ2v) is 3.13. The summed E-state index contributed by atoms with van der Waals surface area (Å²) < 4.78 is 0. The Balaban J connectivity index is 2.23. The third-order valence-corrected chi connectivity index (χ3v) is 2.08. The lowest BCUT2D eigenvalue weighted by Gasteiger charge is -2.08. The zero-order valence-electron chi connectivity index (χ0n) is 8.03. The van der Waals surface area contributed by atoms with E-state index in [1.54, 1.807) is 24.3 Å². The van der Waals surface area contributed by atoms with Gasteiger partial charge in [-0.3, -0.25) is 4.99 Å². The lowest BCUT2D eigenvalue weighted by molar-refractivity contribution is 0.0698. The average molecular weight is 205 g/mol. The Bertz CT molecular complexity index is 415. The highest BCUT2D eigenvalue weighted by atomic mass is 16.4. The Hall–Kier alpha value is -2.04. The third kappa shape index (κ3) is 2.07. The number of nitrogens with one attached hydrogen (secondary N) is 2. The van der Waals surface area contributed by atoms with Gasteiger partial charge in [0.25, 0.3) is 0 Å². The average Bonchev–Trinajstić information content (AvgIpc) is 2.71. The van der Waals surface area contributed by atoms with Crippen LogP contribution in [0.25, 0.3) is 0 Å². The molecule has 0 saturated carbocycles. The van der Waals surface area contributed by atoms with Crippen LogP contribution in [0.15, 0.2) is 29.3 Å². The molecule has 2 rings (SSSR count). The molecular formula is C10H11N3O2. The monoisotopic (exact) mass is 205 g/mol. The molecule has 15 heavy (non-hydrogen) atoms. The van der Waals surface area contributed by atoms with Gasteiger partial charge in [-0.05, 0) is 12.1 Å². The van der Waals surface area contributed by atoms with Crippen molar-refractivity contribution in [3.05, 3.63) is 29.8 Å². The molecule has 0 atom stereocenters. The van der Waals surface area contributed by atoms with Crippen LogP contribution in [-0.2, 0) is 0 Å². The number of carbonyl (C=O) groups is 1. The fourth-order valence-corrected chi connectivity index (χ4v) is 1.39. The minimum absolute atomic E-state index is 0.244. The molecule has 0 fully saturated rings.